The second-order valence-electron chi connectivity index (χ2n) is 8.94. The minimum atomic E-state index is -0.934. The van der Waals surface area contributed by atoms with E-state index in [0.717, 1.165) is 16.5 Å². The van der Waals surface area contributed by atoms with E-state index < -0.39 is 11.6 Å². The molecule has 0 radical (unpaired) electrons. The van der Waals surface area contributed by atoms with Crippen molar-refractivity contribution >= 4 is 22.8 Å². The van der Waals surface area contributed by atoms with Gasteiger partial charge in [-0.25, -0.2) is 4.79 Å². The van der Waals surface area contributed by atoms with Crippen molar-refractivity contribution in [2.75, 3.05) is 40.6 Å². The molecule has 0 saturated carbocycles. The zero-order valence-corrected chi connectivity index (χ0v) is 21.9. The molecule has 0 fully saturated rings. The van der Waals surface area contributed by atoms with E-state index >= 15 is 0 Å². The van der Waals surface area contributed by atoms with Gasteiger partial charge in [0.2, 0.25) is 0 Å². The number of ether oxygens (including phenoxy) is 5. The molecule has 7 nitrogen and oxygen atoms in total. The van der Waals surface area contributed by atoms with Crippen LogP contribution in [0.25, 0.3) is 16.8 Å². The predicted molar refractivity (Wildman–Crippen MR) is 149 cm³/mol. The van der Waals surface area contributed by atoms with Gasteiger partial charge in [0.05, 0.1) is 39.6 Å². The van der Waals surface area contributed by atoms with Crippen LogP contribution in [0, 0.1) is 0 Å². The van der Waals surface area contributed by atoms with Crippen molar-refractivity contribution in [3.63, 3.8) is 0 Å². The van der Waals surface area contributed by atoms with Crippen LogP contribution in [0.1, 0.15) is 27.0 Å². The first-order valence-corrected chi connectivity index (χ1v) is 12.7. The van der Waals surface area contributed by atoms with Gasteiger partial charge in [0.1, 0.15) is 12.4 Å². The van der Waals surface area contributed by atoms with E-state index in [1.807, 2.05) is 84.9 Å². The normalized spacial score (nSPS) is 13.4. The van der Waals surface area contributed by atoms with Gasteiger partial charge < -0.3 is 28.8 Å². The Kier molecular flexibility index (Phi) is 7.81. The van der Waals surface area contributed by atoms with Crippen molar-refractivity contribution in [1.29, 1.82) is 0 Å². The number of benzene rings is 4. The molecule has 5 rings (SSSR count). The fourth-order valence-electron chi connectivity index (χ4n) is 4.91. The van der Waals surface area contributed by atoms with E-state index in [4.69, 9.17) is 28.8 Å². The maximum Gasteiger partial charge on any atom is 0.338 e. The monoisotopic (exact) mass is 526 g/mol. The number of methoxy groups -OCH3 is 2. The van der Waals surface area contributed by atoms with Crippen molar-refractivity contribution in [3.8, 4) is 17.2 Å². The number of hydrogen-bond acceptors (Lipinski definition) is 7. The Balaban J connectivity index is 1.69. The number of esters is 1. The number of rotatable bonds is 10. The van der Waals surface area contributed by atoms with Gasteiger partial charge >= 0.3 is 5.97 Å². The third-order valence-corrected chi connectivity index (χ3v) is 6.72. The van der Waals surface area contributed by atoms with E-state index in [-0.39, 0.29) is 26.4 Å². The Hall–Kier alpha value is -4.33. The molecule has 1 aliphatic rings. The van der Waals surface area contributed by atoms with Crippen molar-refractivity contribution in [2.24, 2.45) is 0 Å². The molecule has 0 unspecified atom stereocenters. The fourth-order valence-corrected chi connectivity index (χ4v) is 4.91. The molecule has 4 aromatic carbocycles. The fraction of sp³-hybridized carbons (Fsp3) is 0.219. The van der Waals surface area contributed by atoms with Gasteiger partial charge in [-0.3, -0.25) is 0 Å². The summed E-state index contributed by atoms with van der Waals surface area (Å²) in [5.74, 6) is 1.03. The lowest BCUT2D eigenvalue weighted by Crippen LogP contribution is -2.34. The van der Waals surface area contributed by atoms with Gasteiger partial charge in [0.25, 0.3) is 0 Å². The minimum Gasteiger partial charge on any atom is -0.493 e. The van der Waals surface area contributed by atoms with Crippen LogP contribution in [0.5, 0.6) is 17.2 Å². The molecule has 4 aromatic rings. The van der Waals surface area contributed by atoms with Crippen LogP contribution in [-0.2, 0) is 15.1 Å². The number of aliphatic hydroxyl groups is 1. The third kappa shape index (κ3) is 4.94. The predicted octanol–water partition coefficient (Wildman–Crippen LogP) is 5.37. The Labute approximate surface area is 227 Å². The lowest BCUT2D eigenvalue weighted by molar-refractivity contribution is 0.0257. The second-order valence-corrected chi connectivity index (χ2v) is 8.94. The molecule has 39 heavy (non-hydrogen) atoms. The molecule has 0 aromatic heterocycles. The molecule has 0 atom stereocenters. The SMILES string of the molecule is COc1ccc2c3c(c(C(=O)OCCOCCO)cc2c1OC)C=CC(c1ccccc1)(c1ccccc1)O3. The maximum absolute atomic E-state index is 13.4. The number of carbonyl (C=O) groups excluding carboxylic acids is 1. The van der Waals surface area contributed by atoms with Crippen LogP contribution in [0.3, 0.4) is 0 Å². The number of carbonyl (C=O) groups is 1. The lowest BCUT2D eigenvalue weighted by Gasteiger charge is -2.37. The molecular weight excluding hydrogens is 496 g/mol. The molecule has 0 aliphatic carbocycles. The third-order valence-electron chi connectivity index (χ3n) is 6.72. The first kappa shape index (κ1) is 26.3. The highest BCUT2D eigenvalue weighted by Gasteiger charge is 2.39. The number of hydrogen-bond donors (Lipinski definition) is 1. The van der Waals surface area contributed by atoms with Crippen LogP contribution in [0.4, 0.5) is 0 Å². The van der Waals surface area contributed by atoms with Crippen molar-refractivity contribution in [1.82, 2.24) is 0 Å². The molecule has 0 spiro atoms. The molecule has 0 saturated heterocycles. The maximum atomic E-state index is 13.4. The summed E-state index contributed by atoms with van der Waals surface area (Å²) in [6, 6.07) is 25.4. The number of aliphatic hydroxyl groups excluding tert-OH is 1. The highest BCUT2D eigenvalue weighted by Crippen LogP contribution is 2.49. The first-order valence-electron chi connectivity index (χ1n) is 12.7. The van der Waals surface area contributed by atoms with Gasteiger partial charge in [0, 0.05) is 27.5 Å². The second kappa shape index (κ2) is 11.6. The molecule has 0 amide bonds. The van der Waals surface area contributed by atoms with Gasteiger partial charge in [-0.2, -0.15) is 0 Å². The van der Waals surface area contributed by atoms with Crippen LogP contribution in [0.15, 0.2) is 84.9 Å². The smallest absolute Gasteiger partial charge is 0.338 e. The van der Waals surface area contributed by atoms with Crippen molar-refractivity contribution in [3.05, 3.63) is 107 Å². The number of fused-ring (bicyclic) bond motifs is 3. The van der Waals surface area contributed by atoms with Gasteiger partial charge in [-0.15, -0.1) is 0 Å². The van der Waals surface area contributed by atoms with Crippen LogP contribution in [0.2, 0.25) is 0 Å². The van der Waals surface area contributed by atoms with E-state index in [1.165, 1.54) is 0 Å². The Morgan fingerprint density at radius 2 is 1.54 bits per heavy atom. The quantitative estimate of drug-likeness (QED) is 0.220. The summed E-state index contributed by atoms with van der Waals surface area (Å²) in [4.78, 5) is 13.4. The van der Waals surface area contributed by atoms with E-state index in [9.17, 15) is 4.79 Å². The Morgan fingerprint density at radius 3 is 2.15 bits per heavy atom. The Morgan fingerprint density at radius 1 is 0.846 bits per heavy atom. The highest BCUT2D eigenvalue weighted by molar-refractivity contribution is 6.06. The van der Waals surface area contributed by atoms with Crippen LogP contribution < -0.4 is 14.2 Å². The van der Waals surface area contributed by atoms with Gasteiger partial charge in [0.15, 0.2) is 17.1 Å². The zero-order chi connectivity index (χ0) is 27.2. The average molecular weight is 527 g/mol. The summed E-state index contributed by atoms with van der Waals surface area (Å²) < 4.78 is 29.0. The Bertz CT molecular complexity index is 1440. The summed E-state index contributed by atoms with van der Waals surface area (Å²) in [6.07, 6.45) is 3.90. The van der Waals surface area contributed by atoms with Crippen LogP contribution in [-0.4, -0.2) is 51.7 Å². The van der Waals surface area contributed by atoms with Crippen LogP contribution >= 0.6 is 0 Å². The molecule has 7 heteroatoms. The van der Waals surface area contributed by atoms with E-state index in [1.54, 1.807) is 20.3 Å². The van der Waals surface area contributed by atoms with Gasteiger partial charge in [-0.1, -0.05) is 60.7 Å². The molecule has 1 heterocycles. The lowest BCUT2D eigenvalue weighted by atomic mass is 9.82. The van der Waals surface area contributed by atoms with Gasteiger partial charge in [-0.05, 0) is 30.4 Å². The summed E-state index contributed by atoms with van der Waals surface area (Å²) in [5, 5.41) is 10.3. The minimum absolute atomic E-state index is 0.0451. The summed E-state index contributed by atoms with van der Waals surface area (Å²) in [5.41, 5.74) is 1.90. The standard InChI is InChI=1S/C32H30O7/c1-35-28-14-13-24-26(30(28)36-2)21-27(31(34)38-20-19-37-18-17-33)25-15-16-32(39-29(24)25,22-9-5-3-6-10-22)23-11-7-4-8-12-23/h3-16,21,33H,17-20H2,1-2H3. The summed E-state index contributed by atoms with van der Waals surface area (Å²) in [7, 11) is 3.13. The molecule has 1 aliphatic heterocycles. The van der Waals surface area contributed by atoms with E-state index in [2.05, 4.69) is 0 Å². The highest BCUT2D eigenvalue weighted by atomic mass is 16.6. The van der Waals surface area contributed by atoms with Crippen molar-refractivity contribution < 1.29 is 33.6 Å². The first-order chi connectivity index (χ1) is 19.1. The molecule has 0 bridgehead atoms. The summed E-state index contributed by atoms with van der Waals surface area (Å²) >= 11 is 0. The van der Waals surface area contributed by atoms with E-state index in [0.29, 0.717) is 33.8 Å². The largest absolute Gasteiger partial charge is 0.493 e. The summed E-state index contributed by atoms with van der Waals surface area (Å²) in [6.45, 7) is 0.304. The molecular formula is C32H30O7. The average Bonchev–Trinajstić information content (AvgIpc) is 3.00. The molecule has 1 N–H and O–H groups in total. The zero-order valence-electron chi connectivity index (χ0n) is 21.9. The molecule has 200 valence electrons. The topological polar surface area (TPSA) is 83.5 Å². The van der Waals surface area contributed by atoms with Crippen molar-refractivity contribution in [2.45, 2.75) is 5.60 Å².